The van der Waals surface area contributed by atoms with E-state index in [1.807, 2.05) is 0 Å². The number of hydrogen-bond acceptors (Lipinski definition) is 3. The standard InChI is InChI=1S/C21H30F3N3O/c1-15(2)26-18-13-20(9-3-4-11-27(20)14-18)19(28)25-10-8-16-6-5-7-17(12-16)21(22,23)24/h5-7,12,15,18,26H,3-4,8-11,13-14H2,1-2H3,(H,25,28)/t18-,20-/m0/s1. The van der Waals surface area contributed by atoms with Crippen LogP contribution in [0.3, 0.4) is 0 Å². The minimum atomic E-state index is -4.34. The molecule has 0 radical (unpaired) electrons. The molecule has 1 amide bonds. The molecule has 0 unspecified atom stereocenters. The van der Waals surface area contributed by atoms with Crippen molar-refractivity contribution < 1.29 is 18.0 Å². The Labute approximate surface area is 164 Å². The molecule has 2 aliphatic rings. The minimum Gasteiger partial charge on any atom is -0.354 e. The highest BCUT2D eigenvalue weighted by Crippen LogP contribution is 2.38. The van der Waals surface area contributed by atoms with Crippen molar-refractivity contribution in [3.05, 3.63) is 35.4 Å². The van der Waals surface area contributed by atoms with Crippen molar-refractivity contribution in [2.24, 2.45) is 0 Å². The van der Waals surface area contributed by atoms with Gasteiger partial charge in [-0.05, 0) is 50.3 Å². The van der Waals surface area contributed by atoms with Gasteiger partial charge in [0.1, 0.15) is 5.54 Å². The lowest BCUT2D eigenvalue weighted by molar-refractivity contribution is -0.137. The van der Waals surface area contributed by atoms with Crippen LogP contribution < -0.4 is 10.6 Å². The average Bonchev–Trinajstić information content (AvgIpc) is 2.99. The number of nitrogens with zero attached hydrogens (tertiary/aromatic N) is 1. The highest BCUT2D eigenvalue weighted by atomic mass is 19.4. The predicted octanol–water partition coefficient (Wildman–Crippen LogP) is 3.36. The quantitative estimate of drug-likeness (QED) is 0.774. The Bertz CT molecular complexity index is 692. The Morgan fingerprint density at radius 2 is 2.11 bits per heavy atom. The molecule has 3 rings (SSSR count). The van der Waals surface area contributed by atoms with Gasteiger partial charge in [0, 0.05) is 25.2 Å². The van der Waals surface area contributed by atoms with E-state index in [9.17, 15) is 18.0 Å². The maximum absolute atomic E-state index is 13.1. The van der Waals surface area contributed by atoms with Gasteiger partial charge in [-0.3, -0.25) is 9.69 Å². The summed E-state index contributed by atoms with van der Waals surface area (Å²) < 4.78 is 38.6. The first-order chi connectivity index (χ1) is 13.2. The third-order valence-corrected chi connectivity index (χ3v) is 5.84. The Kier molecular flexibility index (Phi) is 6.34. The Morgan fingerprint density at radius 1 is 1.32 bits per heavy atom. The molecule has 2 heterocycles. The fraction of sp³-hybridized carbons (Fsp3) is 0.667. The van der Waals surface area contributed by atoms with Gasteiger partial charge in [-0.2, -0.15) is 13.2 Å². The Morgan fingerprint density at radius 3 is 2.82 bits per heavy atom. The topological polar surface area (TPSA) is 44.4 Å². The number of carbonyl (C=O) groups excluding carboxylic acids is 1. The van der Waals surface area contributed by atoms with E-state index in [-0.39, 0.29) is 5.91 Å². The summed E-state index contributed by atoms with van der Waals surface area (Å²) in [5.74, 6) is 0.0206. The summed E-state index contributed by atoms with van der Waals surface area (Å²) in [5.41, 5.74) is -0.538. The number of piperidine rings is 1. The van der Waals surface area contributed by atoms with Crippen LogP contribution >= 0.6 is 0 Å². The lowest BCUT2D eigenvalue weighted by Crippen LogP contribution is -2.57. The van der Waals surface area contributed by atoms with E-state index >= 15 is 0 Å². The summed E-state index contributed by atoms with van der Waals surface area (Å²) in [6.45, 7) is 6.37. The largest absolute Gasteiger partial charge is 0.416 e. The van der Waals surface area contributed by atoms with Crippen LogP contribution in [0.25, 0.3) is 0 Å². The molecule has 0 aromatic heterocycles. The molecule has 4 nitrogen and oxygen atoms in total. The zero-order chi connectivity index (χ0) is 20.4. The van der Waals surface area contributed by atoms with E-state index in [0.717, 1.165) is 50.9 Å². The highest BCUT2D eigenvalue weighted by Gasteiger charge is 2.51. The van der Waals surface area contributed by atoms with Gasteiger partial charge in [0.05, 0.1) is 5.56 Å². The predicted molar refractivity (Wildman–Crippen MR) is 103 cm³/mol. The van der Waals surface area contributed by atoms with Gasteiger partial charge in [-0.15, -0.1) is 0 Å². The second-order valence-corrected chi connectivity index (χ2v) is 8.36. The summed E-state index contributed by atoms with van der Waals surface area (Å²) in [6.07, 6.45) is -0.179. The van der Waals surface area contributed by atoms with Crippen molar-refractivity contribution in [3.8, 4) is 0 Å². The SMILES string of the molecule is CC(C)N[C@@H]1CN2CCCC[C@@]2(C(=O)NCCc2cccc(C(F)(F)F)c2)C1. The van der Waals surface area contributed by atoms with Crippen LogP contribution in [0, 0.1) is 0 Å². The lowest BCUT2D eigenvalue weighted by Gasteiger charge is -2.40. The second-order valence-electron chi connectivity index (χ2n) is 8.36. The lowest BCUT2D eigenvalue weighted by atomic mass is 9.84. The smallest absolute Gasteiger partial charge is 0.354 e. The van der Waals surface area contributed by atoms with Gasteiger partial charge in [0.15, 0.2) is 0 Å². The first-order valence-corrected chi connectivity index (χ1v) is 10.2. The number of amides is 1. The van der Waals surface area contributed by atoms with Gasteiger partial charge in [-0.1, -0.05) is 32.0 Å². The number of hydrogen-bond donors (Lipinski definition) is 2. The molecule has 2 fully saturated rings. The molecule has 0 aliphatic carbocycles. The maximum atomic E-state index is 13.1. The van der Waals surface area contributed by atoms with Crippen molar-refractivity contribution in [2.75, 3.05) is 19.6 Å². The third kappa shape index (κ3) is 4.69. The van der Waals surface area contributed by atoms with Crippen LogP contribution in [-0.4, -0.2) is 48.1 Å². The van der Waals surface area contributed by atoms with E-state index in [2.05, 4.69) is 29.4 Å². The molecule has 2 aliphatic heterocycles. The maximum Gasteiger partial charge on any atom is 0.416 e. The fourth-order valence-corrected chi connectivity index (χ4v) is 4.65. The van der Waals surface area contributed by atoms with Crippen LogP contribution in [0.15, 0.2) is 24.3 Å². The van der Waals surface area contributed by atoms with E-state index in [1.54, 1.807) is 6.07 Å². The van der Waals surface area contributed by atoms with E-state index in [4.69, 9.17) is 0 Å². The summed E-state index contributed by atoms with van der Waals surface area (Å²) in [6, 6.07) is 5.99. The number of nitrogens with one attached hydrogen (secondary N) is 2. The van der Waals surface area contributed by atoms with Gasteiger partial charge >= 0.3 is 6.18 Å². The van der Waals surface area contributed by atoms with Crippen LogP contribution in [0.1, 0.15) is 50.7 Å². The molecule has 0 saturated carbocycles. The Hall–Kier alpha value is -1.60. The van der Waals surface area contributed by atoms with Gasteiger partial charge in [0.2, 0.25) is 5.91 Å². The van der Waals surface area contributed by atoms with Crippen LogP contribution in [-0.2, 0) is 17.4 Å². The number of halogens is 3. The molecule has 0 bridgehead atoms. The monoisotopic (exact) mass is 397 g/mol. The first kappa shape index (κ1) is 21.1. The van der Waals surface area contributed by atoms with Crippen LogP contribution in [0.2, 0.25) is 0 Å². The molecule has 28 heavy (non-hydrogen) atoms. The van der Waals surface area contributed by atoms with Gasteiger partial charge < -0.3 is 10.6 Å². The molecular formula is C21H30F3N3O. The number of alkyl halides is 3. The highest BCUT2D eigenvalue weighted by molar-refractivity contribution is 5.87. The van der Waals surface area contributed by atoms with Gasteiger partial charge in [0.25, 0.3) is 0 Å². The summed E-state index contributed by atoms with van der Waals surface area (Å²) in [7, 11) is 0. The molecule has 2 atom stereocenters. The number of benzene rings is 1. The average molecular weight is 397 g/mol. The number of fused-ring (bicyclic) bond motifs is 1. The first-order valence-electron chi connectivity index (χ1n) is 10.2. The molecule has 2 N–H and O–H groups in total. The van der Waals surface area contributed by atoms with Crippen molar-refractivity contribution >= 4 is 5.91 Å². The van der Waals surface area contributed by atoms with Gasteiger partial charge in [-0.25, -0.2) is 0 Å². The summed E-state index contributed by atoms with van der Waals surface area (Å²) >= 11 is 0. The molecule has 1 aromatic rings. The van der Waals surface area contributed by atoms with Crippen molar-refractivity contribution in [1.29, 1.82) is 0 Å². The molecular weight excluding hydrogens is 367 g/mol. The van der Waals surface area contributed by atoms with E-state index in [0.29, 0.717) is 30.6 Å². The molecule has 7 heteroatoms. The molecule has 0 spiro atoms. The molecule has 2 saturated heterocycles. The normalized spacial score (nSPS) is 25.7. The van der Waals surface area contributed by atoms with E-state index < -0.39 is 17.3 Å². The number of carbonyl (C=O) groups is 1. The van der Waals surface area contributed by atoms with Crippen molar-refractivity contribution in [1.82, 2.24) is 15.5 Å². The fourth-order valence-electron chi connectivity index (χ4n) is 4.65. The van der Waals surface area contributed by atoms with Crippen molar-refractivity contribution in [3.63, 3.8) is 0 Å². The third-order valence-electron chi connectivity index (χ3n) is 5.84. The van der Waals surface area contributed by atoms with Crippen LogP contribution in [0.5, 0.6) is 0 Å². The second kappa shape index (κ2) is 8.41. The molecule has 156 valence electrons. The zero-order valence-corrected chi connectivity index (χ0v) is 16.6. The van der Waals surface area contributed by atoms with E-state index in [1.165, 1.54) is 6.07 Å². The zero-order valence-electron chi connectivity index (χ0n) is 16.6. The summed E-state index contributed by atoms with van der Waals surface area (Å²) in [4.78, 5) is 15.4. The van der Waals surface area contributed by atoms with Crippen LogP contribution in [0.4, 0.5) is 13.2 Å². The number of rotatable bonds is 6. The Balaban J connectivity index is 1.60. The summed E-state index contributed by atoms with van der Waals surface area (Å²) in [5, 5.41) is 6.56. The minimum absolute atomic E-state index is 0.0206. The molecule has 1 aromatic carbocycles. The van der Waals surface area contributed by atoms with Crippen molar-refractivity contribution in [2.45, 2.75) is 69.8 Å².